The Hall–Kier alpha value is -2.05. The van der Waals surface area contributed by atoms with Crippen LogP contribution in [0.15, 0.2) is 34.7 Å². The van der Waals surface area contributed by atoms with Crippen LogP contribution in [0, 0.1) is 5.92 Å². The zero-order valence-corrected chi connectivity index (χ0v) is 13.3. The topological polar surface area (TPSA) is 59.8 Å². The van der Waals surface area contributed by atoms with Crippen LogP contribution in [-0.4, -0.2) is 27.6 Å². The molecule has 5 heterocycles. The smallest absolute Gasteiger partial charge is 0.251 e. The Balaban J connectivity index is 1.72. The van der Waals surface area contributed by atoms with Gasteiger partial charge < -0.3 is 9.88 Å². The van der Waals surface area contributed by atoms with Crippen molar-refractivity contribution >= 4 is 21.6 Å². The van der Waals surface area contributed by atoms with Crippen LogP contribution in [-0.2, 0) is 6.54 Å². The van der Waals surface area contributed by atoms with E-state index in [0.717, 1.165) is 46.8 Å². The van der Waals surface area contributed by atoms with Crippen molar-refractivity contribution in [3.63, 3.8) is 0 Å². The second kappa shape index (κ2) is 4.97. The fourth-order valence-electron chi connectivity index (χ4n) is 3.96. The summed E-state index contributed by atoms with van der Waals surface area (Å²) in [6.07, 6.45) is 2.76. The maximum absolute atomic E-state index is 12.7. The normalized spacial score (nSPS) is 23.0. The molecule has 3 aromatic rings. The molecule has 2 bridgehead atoms. The molecule has 0 aromatic carbocycles. The summed E-state index contributed by atoms with van der Waals surface area (Å²) in [7, 11) is 0. The average molecular weight is 324 g/mol. The number of aromatic nitrogens is 3. The van der Waals surface area contributed by atoms with Crippen LogP contribution in [0.25, 0.3) is 21.5 Å². The van der Waals surface area contributed by atoms with Crippen molar-refractivity contribution < 1.29 is 0 Å². The van der Waals surface area contributed by atoms with Crippen LogP contribution in [0.5, 0.6) is 0 Å². The standard InChI is InChI=1S/C17H16N4OS/c22-15-5-11(16-13-1-2-23-17(13)20-9-19-16)4-14-12-3-10(6-18-7-12)8-21(14)15/h1-2,4-5,9-10,12,18H,3,6-8H2/t10-,12+/m0/s1. The van der Waals surface area contributed by atoms with E-state index in [0.29, 0.717) is 11.8 Å². The van der Waals surface area contributed by atoms with Crippen LogP contribution in [0.2, 0.25) is 0 Å². The van der Waals surface area contributed by atoms with Crippen molar-refractivity contribution in [3.8, 4) is 11.3 Å². The van der Waals surface area contributed by atoms with E-state index < -0.39 is 0 Å². The number of pyridine rings is 1. The second-order valence-corrected chi connectivity index (χ2v) is 7.33. The molecule has 6 heteroatoms. The summed E-state index contributed by atoms with van der Waals surface area (Å²) in [4.78, 5) is 22.4. The van der Waals surface area contributed by atoms with Gasteiger partial charge in [-0.15, -0.1) is 11.3 Å². The average Bonchev–Trinajstić information content (AvgIpc) is 3.04. The van der Waals surface area contributed by atoms with Gasteiger partial charge in [0.1, 0.15) is 11.2 Å². The first kappa shape index (κ1) is 13.4. The third kappa shape index (κ3) is 2.05. The van der Waals surface area contributed by atoms with Gasteiger partial charge in [-0.25, -0.2) is 9.97 Å². The van der Waals surface area contributed by atoms with Gasteiger partial charge in [-0.3, -0.25) is 4.79 Å². The molecule has 1 saturated heterocycles. The second-order valence-electron chi connectivity index (χ2n) is 6.44. The SMILES string of the molecule is O=c1cc(-c2ncnc3sccc23)cc2n1C[C@@H]1CNC[C@H]2C1. The lowest BCUT2D eigenvalue weighted by Gasteiger charge is -2.37. The van der Waals surface area contributed by atoms with Crippen molar-refractivity contribution in [2.24, 2.45) is 5.92 Å². The van der Waals surface area contributed by atoms with Crippen LogP contribution in [0.4, 0.5) is 0 Å². The molecule has 0 amide bonds. The lowest BCUT2D eigenvalue weighted by molar-refractivity contribution is 0.257. The van der Waals surface area contributed by atoms with E-state index in [1.54, 1.807) is 23.7 Å². The first-order valence-electron chi connectivity index (χ1n) is 7.93. The highest BCUT2D eigenvalue weighted by Crippen LogP contribution is 2.35. The Bertz CT molecular complexity index is 961. The van der Waals surface area contributed by atoms with Crippen molar-refractivity contribution in [1.82, 2.24) is 19.9 Å². The third-order valence-corrected chi connectivity index (χ3v) is 5.82. The fraction of sp³-hybridized carbons (Fsp3) is 0.353. The Morgan fingerprint density at radius 1 is 1.26 bits per heavy atom. The maximum atomic E-state index is 12.7. The molecule has 1 N–H and O–H groups in total. The molecule has 1 fully saturated rings. The number of rotatable bonds is 1. The minimum atomic E-state index is 0.0936. The molecule has 5 rings (SSSR count). The monoisotopic (exact) mass is 324 g/mol. The Kier molecular flexibility index (Phi) is 2.90. The van der Waals surface area contributed by atoms with Crippen molar-refractivity contribution in [1.29, 1.82) is 0 Å². The van der Waals surface area contributed by atoms with E-state index in [1.165, 1.54) is 6.42 Å². The van der Waals surface area contributed by atoms with Gasteiger partial charge in [-0.1, -0.05) is 0 Å². The lowest BCUT2D eigenvalue weighted by atomic mass is 9.83. The molecule has 0 aliphatic carbocycles. The molecule has 0 unspecified atom stereocenters. The summed E-state index contributed by atoms with van der Waals surface area (Å²) < 4.78 is 1.97. The van der Waals surface area contributed by atoms with E-state index in [1.807, 2.05) is 16.0 Å². The molecule has 2 aliphatic rings. The molecule has 0 spiro atoms. The van der Waals surface area contributed by atoms with Gasteiger partial charge in [0.05, 0.1) is 5.69 Å². The fourth-order valence-corrected chi connectivity index (χ4v) is 4.69. The molecule has 116 valence electrons. The Labute approximate surface area is 137 Å². The van der Waals surface area contributed by atoms with E-state index in [2.05, 4.69) is 21.4 Å². The minimum Gasteiger partial charge on any atom is -0.316 e. The number of nitrogens with one attached hydrogen (secondary N) is 1. The summed E-state index contributed by atoms with van der Waals surface area (Å²) in [6.45, 7) is 2.80. The predicted octanol–water partition coefficient (Wildman–Crippen LogP) is 2.23. The molecule has 0 radical (unpaired) electrons. The number of nitrogens with zero attached hydrogens (tertiary/aromatic N) is 3. The summed E-state index contributed by atoms with van der Waals surface area (Å²) in [5, 5.41) is 6.54. The minimum absolute atomic E-state index is 0.0936. The van der Waals surface area contributed by atoms with E-state index in [4.69, 9.17) is 0 Å². The van der Waals surface area contributed by atoms with E-state index in [9.17, 15) is 4.79 Å². The quantitative estimate of drug-likeness (QED) is 0.746. The van der Waals surface area contributed by atoms with Crippen molar-refractivity contribution in [2.45, 2.75) is 18.9 Å². The zero-order valence-electron chi connectivity index (χ0n) is 12.5. The van der Waals surface area contributed by atoms with Crippen LogP contribution in [0.1, 0.15) is 18.0 Å². The molecule has 2 aliphatic heterocycles. The van der Waals surface area contributed by atoms with E-state index in [-0.39, 0.29) is 5.56 Å². The van der Waals surface area contributed by atoms with E-state index >= 15 is 0 Å². The highest BCUT2D eigenvalue weighted by Gasteiger charge is 2.31. The number of thiophene rings is 1. The highest BCUT2D eigenvalue weighted by molar-refractivity contribution is 7.16. The largest absolute Gasteiger partial charge is 0.316 e. The van der Waals surface area contributed by atoms with Crippen LogP contribution in [0.3, 0.4) is 0 Å². The number of hydrogen-bond acceptors (Lipinski definition) is 5. The molecule has 0 saturated carbocycles. The van der Waals surface area contributed by atoms with Gasteiger partial charge in [0.15, 0.2) is 0 Å². The number of piperidine rings is 1. The van der Waals surface area contributed by atoms with Crippen molar-refractivity contribution in [2.75, 3.05) is 13.1 Å². The molecule has 3 aromatic heterocycles. The van der Waals surface area contributed by atoms with Gasteiger partial charge in [0.2, 0.25) is 0 Å². The van der Waals surface area contributed by atoms with Gasteiger partial charge in [0, 0.05) is 41.7 Å². The van der Waals surface area contributed by atoms with Crippen LogP contribution >= 0.6 is 11.3 Å². The summed E-state index contributed by atoms with van der Waals surface area (Å²) in [5.74, 6) is 1.00. The molecular formula is C17H16N4OS. The third-order valence-electron chi connectivity index (χ3n) is 5.00. The summed E-state index contributed by atoms with van der Waals surface area (Å²) >= 11 is 1.60. The molecule has 23 heavy (non-hydrogen) atoms. The van der Waals surface area contributed by atoms with Gasteiger partial charge in [-0.05, 0) is 36.4 Å². The molecule has 2 atom stereocenters. The molecule has 5 nitrogen and oxygen atoms in total. The van der Waals surface area contributed by atoms with Gasteiger partial charge in [0.25, 0.3) is 5.56 Å². The zero-order chi connectivity index (χ0) is 15.4. The highest BCUT2D eigenvalue weighted by atomic mass is 32.1. The van der Waals surface area contributed by atoms with Gasteiger partial charge >= 0.3 is 0 Å². The maximum Gasteiger partial charge on any atom is 0.251 e. The predicted molar refractivity (Wildman–Crippen MR) is 90.8 cm³/mol. The Morgan fingerprint density at radius 2 is 2.22 bits per heavy atom. The van der Waals surface area contributed by atoms with Crippen molar-refractivity contribution in [3.05, 3.63) is 46.0 Å². The Morgan fingerprint density at radius 3 is 3.17 bits per heavy atom. The van der Waals surface area contributed by atoms with Gasteiger partial charge in [-0.2, -0.15) is 0 Å². The number of hydrogen-bond donors (Lipinski definition) is 1. The molecular weight excluding hydrogens is 308 g/mol. The first-order chi connectivity index (χ1) is 11.3. The number of fused-ring (bicyclic) bond motifs is 5. The summed E-state index contributed by atoms with van der Waals surface area (Å²) in [5.41, 5.74) is 3.02. The summed E-state index contributed by atoms with van der Waals surface area (Å²) in [6, 6.07) is 5.93. The first-order valence-corrected chi connectivity index (χ1v) is 8.81. The lowest BCUT2D eigenvalue weighted by Crippen LogP contribution is -2.44. The van der Waals surface area contributed by atoms with Crippen LogP contribution < -0.4 is 10.9 Å².